The van der Waals surface area contributed by atoms with Gasteiger partial charge in [0.2, 0.25) is 0 Å². The molecule has 0 N–H and O–H groups in total. The lowest BCUT2D eigenvalue weighted by Crippen LogP contribution is -2.37. The number of hydrogen-bond acceptors (Lipinski definition) is 5. The summed E-state index contributed by atoms with van der Waals surface area (Å²) in [5.41, 5.74) is 3.60. The highest BCUT2D eigenvalue weighted by Gasteiger charge is 2.26. The Kier molecular flexibility index (Phi) is 5.29. The number of ether oxygens (including phenoxy) is 1. The fourth-order valence-electron chi connectivity index (χ4n) is 3.81. The molecule has 1 aromatic carbocycles. The molecule has 1 aliphatic rings. The van der Waals surface area contributed by atoms with Crippen molar-refractivity contribution in [2.24, 2.45) is 0 Å². The highest BCUT2D eigenvalue weighted by atomic mass is 32.1. The van der Waals surface area contributed by atoms with E-state index < -0.39 is 0 Å². The fourth-order valence-corrected chi connectivity index (χ4v) is 4.66. The number of hydrogen-bond donors (Lipinski definition) is 0. The largest absolute Gasteiger partial charge is 0.376 e. The molecule has 1 fully saturated rings. The van der Waals surface area contributed by atoms with Gasteiger partial charge in [0.25, 0.3) is 5.91 Å². The van der Waals surface area contributed by atoms with E-state index in [0.717, 1.165) is 41.2 Å². The summed E-state index contributed by atoms with van der Waals surface area (Å²) in [7, 11) is 0. The third kappa shape index (κ3) is 3.86. The van der Waals surface area contributed by atoms with Crippen LogP contribution < -0.4 is 0 Å². The van der Waals surface area contributed by atoms with Gasteiger partial charge in [-0.2, -0.15) is 0 Å². The maximum absolute atomic E-state index is 13.6. The van der Waals surface area contributed by atoms with E-state index >= 15 is 0 Å². The van der Waals surface area contributed by atoms with E-state index in [1.165, 1.54) is 11.3 Å². The predicted octanol–water partition coefficient (Wildman–Crippen LogP) is 4.28. The third-order valence-corrected chi connectivity index (χ3v) is 6.20. The Labute approximate surface area is 178 Å². The van der Waals surface area contributed by atoms with Gasteiger partial charge in [0.1, 0.15) is 5.69 Å². The first-order valence-corrected chi connectivity index (χ1v) is 11.0. The van der Waals surface area contributed by atoms with E-state index in [9.17, 15) is 4.79 Å². The molecule has 7 heteroatoms. The van der Waals surface area contributed by atoms with Crippen molar-refractivity contribution in [3.63, 3.8) is 0 Å². The zero-order valence-corrected chi connectivity index (χ0v) is 17.3. The minimum Gasteiger partial charge on any atom is -0.376 e. The Hall–Kier alpha value is -3.03. The van der Waals surface area contributed by atoms with Crippen LogP contribution in [0.4, 0.5) is 0 Å². The number of thiazole rings is 1. The number of carbonyl (C=O) groups excluding carboxylic acids is 1. The molecular weight excluding hydrogens is 396 g/mol. The van der Waals surface area contributed by atoms with Crippen LogP contribution in [0.5, 0.6) is 0 Å². The molecule has 1 unspecified atom stereocenters. The number of rotatable bonds is 6. The Morgan fingerprint density at radius 1 is 1.20 bits per heavy atom. The number of pyridine rings is 1. The minimum absolute atomic E-state index is 0.00873. The van der Waals surface area contributed by atoms with E-state index in [4.69, 9.17) is 9.72 Å². The predicted molar refractivity (Wildman–Crippen MR) is 116 cm³/mol. The van der Waals surface area contributed by atoms with Gasteiger partial charge in [-0.05, 0) is 30.5 Å². The van der Waals surface area contributed by atoms with Crippen LogP contribution in [0, 0.1) is 0 Å². The van der Waals surface area contributed by atoms with Crippen molar-refractivity contribution < 1.29 is 9.53 Å². The molecule has 0 radical (unpaired) electrons. The molecule has 0 aliphatic carbocycles. The fraction of sp³-hybridized carbons (Fsp3) is 0.261. The monoisotopic (exact) mass is 418 g/mol. The van der Waals surface area contributed by atoms with Gasteiger partial charge in [-0.25, -0.2) is 4.98 Å². The van der Waals surface area contributed by atoms with Crippen molar-refractivity contribution in [3.05, 3.63) is 77.7 Å². The average Bonchev–Trinajstić information content (AvgIpc) is 3.52. The summed E-state index contributed by atoms with van der Waals surface area (Å²) in [6.07, 6.45) is 7.59. The minimum atomic E-state index is -0.00873. The van der Waals surface area contributed by atoms with E-state index in [1.54, 1.807) is 12.4 Å². The Morgan fingerprint density at radius 2 is 2.03 bits per heavy atom. The molecule has 0 bridgehead atoms. The number of aromatic nitrogens is 3. The molecule has 1 aliphatic heterocycles. The van der Waals surface area contributed by atoms with Crippen molar-refractivity contribution in [3.8, 4) is 11.3 Å². The van der Waals surface area contributed by atoms with Crippen LogP contribution in [0.2, 0.25) is 0 Å². The molecule has 0 saturated carbocycles. The van der Waals surface area contributed by atoms with E-state index in [0.29, 0.717) is 18.8 Å². The van der Waals surface area contributed by atoms with Gasteiger partial charge in [0.05, 0.1) is 11.8 Å². The summed E-state index contributed by atoms with van der Waals surface area (Å²) in [5, 5.41) is 1.90. The normalized spacial score (nSPS) is 16.2. The number of benzene rings is 1. The number of carbonyl (C=O) groups is 1. The number of imidazole rings is 1. The molecule has 1 atom stereocenters. The molecule has 4 aromatic rings. The lowest BCUT2D eigenvalue weighted by molar-refractivity contribution is 0.0502. The number of amides is 1. The van der Waals surface area contributed by atoms with Crippen LogP contribution in [-0.2, 0) is 11.3 Å². The molecule has 30 heavy (non-hydrogen) atoms. The maximum Gasteiger partial charge on any atom is 0.272 e. The quantitative estimate of drug-likeness (QED) is 0.469. The van der Waals surface area contributed by atoms with Crippen molar-refractivity contribution in [2.75, 3.05) is 13.2 Å². The topological polar surface area (TPSA) is 59.7 Å². The van der Waals surface area contributed by atoms with Crippen molar-refractivity contribution >= 4 is 22.2 Å². The van der Waals surface area contributed by atoms with E-state index in [-0.39, 0.29) is 12.0 Å². The second-order valence-corrected chi connectivity index (χ2v) is 8.28. The molecular formula is C23H22N4O2S. The van der Waals surface area contributed by atoms with Crippen LogP contribution in [0.25, 0.3) is 16.2 Å². The summed E-state index contributed by atoms with van der Waals surface area (Å²) >= 11 is 1.49. The van der Waals surface area contributed by atoms with Gasteiger partial charge < -0.3 is 9.64 Å². The Morgan fingerprint density at radius 3 is 2.80 bits per heavy atom. The van der Waals surface area contributed by atoms with E-state index in [2.05, 4.69) is 4.98 Å². The van der Waals surface area contributed by atoms with Crippen molar-refractivity contribution in [1.82, 2.24) is 19.3 Å². The zero-order chi connectivity index (χ0) is 20.3. The van der Waals surface area contributed by atoms with Crippen molar-refractivity contribution in [2.45, 2.75) is 25.5 Å². The summed E-state index contributed by atoms with van der Waals surface area (Å²) in [6.45, 7) is 1.88. The number of nitrogens with zero attached hydrogens (tertiary/aromatic N) is 4. The first kappa shape index (κ1) is 19.0. The van der Waals surface area contributed by atoms with E-state index in [1.807, 2.05) is 63.3 Å². The molecule has 6 nitrogen and oxygen atoms in total. The Balaban J connectivity index is 1.46. The van der Waals surface area contributed by atoms with Gasteiger partial charge in [0.15, 0.2) is 4.96 Å². The Bertz CT molecular complexity index is 1130. The standard InChI is InChI=1S/C23H22N4O2S/c28-22(26(14-19-7-4-12-29-19)13-17-8-10-24-11-9-17)21-16-30-23-25-20(15-27(21)23)18-5-2-1-3-6-18/h1-3,5-6,8-11,15-16,19H,4,7,12-14H2. The SMILES string of the molecule is O=C(c1csc2nc(-c3ccccc3)cn12)N(Cc1ccncc1)CC1CCCO1. The van der Waals surface area contributed by atoms with Gasteiger partial charge in [-0.1, -0.05) is 30.3 Å². The summed E-state index contributed by atoms with van der Waals surface area (Å²) in [5.74, 6) is -0.00873. The van der Waals surface area contributed by atoms with Crippen molar-refractivity contribution in [1.29, 1.82) is 0 Å². The highest BCUT2D eigenvalue weighted by molar-refractivity contribution is 7.15. The number of fused-ring (bicyclic) bond motifs is 1. The third-order valence-electron chi connectivity index (χ3n) is 5.36. The van der Waals surface area contributed by atoms with Crippen LogP contribution in [0.1, 0.15) is 28.9 Å². The second kappa shape index (κ2) is 8.38. The molecule has 4 heterocycles. The van der Waals surface area contributed by atoms with Crippen LogP contribution in [0.3, 0.4) is 0 Å². The molecule has 1 saturated heterocycles. The average molecular weight is 419 g/mol. The van der Waals surface area contributed by atoms with Gasteiger partial charge in [0, 0.05) is 49.2 Å². The maximum atomic E-state index is 13.6. The smallest absolute Gasteiger partial charge is 0.272 e. The lowest BCUT2D eigenvalue weighted by Gasteiger charge is -2.25. The van der Waals surface area contributed by atoms with Gasteiger partial charge in [-0.15, -0.1) is 11.3 Å². The summed E-state index contributed by atoms with van der Waals surface area (Å²) in [6, 6.07) is 13.9. The first-order valence-electron chi connectivity index (χ1n) is 10.1. The molecule has 0 spiro atoms. The lowest BCUT2D eigenvalue weighted by atomic mass is 10.2. The molecule has 5 rings (SSSR count). The van der Waals surface area contributed by atoms with Crippen LogP contribution >= 0.6 is 11.3 Å². The van der Waals surface area contributed by atoms with Gasteiger partial charge in [-0.3, -0.25) is 14.2 Å². The summed E-state index contributed by atoms with van der Waals surface area (Å²) in [4.78, 5) is 25.1. The molecule has 1 amide bonds. The molecule has 3 aromatic heterocycles. The molecule has 152 valence electrons. The first-order chi connectivity index (χ1) is 14.8. The van der Waals surface area contributed by atoms with Crippen LogP contribution in [0.15, 0.2) is 66.4 Å². The second-order valence-electron chi connectivity index (χ2n) is 7.44. The summed E-state index contributed by atoms with van der Waals surface area (Å²) < 4.78 is 7.72. The highest BCUT2D eigenvalue weighted by Crippen LogP contribution is 2.25. The van der Waals surface area contributed by atoms with Gasteiger partial charge >= 0.3 is 0 Å². The zero-order valence-electron chi connectivity index (χ0n) is 16.5. The van der Waals surface area contributed by atoms with Crippen LogP contribution in [-0.4, -0.2) is 44.4 Å².